The van der Waals surface area contributed by atoms with Gasteiger partial charge < -0.3 is 21.0 Å². The molecule has 0 saturated carbocycles. The van der Waals surface area contributed by atoms with E-state index in [9.17, 15) is 19.5 Å². The number of primary amides is 1. The predicted octanol–water partition coefficient (Wildman–Crippen LogP) is 0.830. The molecule has 1 aliphatic carbocycles. The molecular formula is C15H19N2O4S-. The van der Waals surface area contributed by atoms with Crippen molar-refractivity contribution >= 4 is 34.1 Å². The molecule has 0 radical (unpaired) electrons. The molecule has 22 heavy (non-hydrogen) atoms. The maximum absolute atomic E-state index is 11.9. The van der Waals surface area contributed by atoms with Crippen LogP contribution in [0.15, 0.2) is 0 Å². The maximum Gasteiger partial charge on any atom is 0.251 e. The number of amides is 2. The first-order valence-corrected chi connectivity index (χ1v) is 8.14. The Kier molecular flexibility index (Phi) is 5.18. The highest BCUT2D eigenvalue weighted by molar-refractivity contribution is 7.17. The van der Waals surface area contributed by atoms with Crippen LogP contribution in [-0.2, 0) is 22.4 Å². The Bertz CT molecular complexity index is 609. The molecule has 1 aromatic heterocycles. The highest BCUT2D eigenvalue weighted by Crippen LogP contribution is 2.39. The van der Waals surface area contributed by atoms with Crippen molar-refractivity contribution < 1.29 is 19.5 Å². The number of carboxylic acid groups (broad SMARTS) is 1. The molecule has 6 nitrogen and oxygen atoms in total. The van der Waals surface area contributed by atoms with E-state index < -0.39 is 11.9 Å². The second-order valence-corrected chi connectivity index (χ2v) is 6.80. The van der Waals surface area contributed by atoms with Gasteiger partial charge >= 0.3 is 0 Å². The number of nitrogens with two attached hydrogens (primary N) is 1. The van der Waals surface area contributed by atoms with E-state index in [0.717, 1.165) is 29.7 Å². The summed E-state index contributed by atoms with van der Waals surface area (Å²) in [6.45, 7) is 2.16. The molecular weight excluding hydrogens is 304 g/mol. The third-order valence-corrected chi connectivity index (χ3v) is 4.97. The standard InChI is InChI=1S/C15H20N2O4S/c1-8-5-6-9-10(7-8)22-15(13(9)14(16)21)17-11(18)3-2-4-12(19)20/h8H,2-7H2,1H3,(H2,16,21)(H,17,18)(H,19,20)/p-1. The number of hydrogen-bond donors (Lipinski definition) is 2. The Morgan fingerprint density at radius 1 is 1.36 bits per heavy atom. The number of thiophene rings is 1. The van der Waals surface area contributed by atoms with Gasteiger partial charge in [-0.2, -0.15) is 0 Å². The van der Waals surface area contributed by atoms with E-state index in [1.807, 2.05) is 0 Å². The summed E-state index contributed by atoms with van der Waals surface area (Å²) in [6, 6.07) is 0. The quantitative estimate of drug-likeness (QED) is 0.807. The molecule has 0 spiro atoms. The Labute approximate surface area is 132 Å². The summed E-state index contributed by atoms with van der Waals surface area (Å²) in [6.07, 6.45) is 2.82. The van der Waals surface area contributed by atoms with Gasteiger partial charge in [0.2, 0.25) is 5.91 Å². The zero-order valence-electron chi connectivity index (χ0n) is 12.4. The van der Waals surface area contributed by atoms with Crippen molar-refractivity contribution in [3.8, 4) is 0 Å². The predicted molar refractivity (Wildman–Crippen MR) is 81.5 cm³/mol. The monoisotopic (exact) mass is 323 g/mol. The van der Waals surface area contributed by atoms with Crippen LogP contribution < -0.4 is 16.2 Å². The lowest BCUT2D eigenvalue weighted by Gasteiger charge is -2.18. The van der Waals surface area contributed by atoms with Crippen molar-refractivity contribution in [2.24, 2.45) is 11.7 Å². The van der Waals surface area contributed by atoms with Crippen LogP contribution in [0.25, 0.3) is 0 Å². The van der Waals surface area contributed by atoms with E-state index in [1.165, 1.54) is 11.3 Å². The van der Waals surface area contributed by atoms with E-state index in [4.69, 9.17) is 5.73 Å². The minimum atomic E-state index is -1.17. The molecule has 1 aromatic rings. The largest absolute Gasteiger partial charge is 0.550 e. The van der Waals surface area contributed by atoms with Gasteiger partial charge in [-0.05, 0) is 43.6 Å². The second kappa shape index (κ2) is 6.91. The van der Waals surface area contributed by atoms with Gasteiger partial charge in [0.15, 0.2) is 0 Å². The van der Waals surface area contributed by atoms with Gasteiger partial charge in [-0.15, -0.1) is 11.3 Å². The topological polar surface area (TPSA) is 112 Å². The lowest BCUT2D eigenvalue weighted by Crippen LogP contribution is -2.22. The summed E-state index contributed by atoms with van der Waals surface area (Å²) in [5.41, 5.74) is 6.84. The highest BCUT2D eigenvalue weighted by Gasteiger charge is 2.27. The molecule has 1 aliphatic rings. The number of rotatable bonds is 6. The lowest BCUT2D eigenvalue weighted by molar-refractivity contribution is -0.305. The average molecular weight is 323 g/mol. The fourth-order valence-corrected chi connectivity index (χ4v) is 4.11. The summed E-state index contributed by atoms with van der Waals surface area (Å²) < 4.78 is 0. The second-order valence-electron chi connectivity index (χ2n) is 5.69. The molecule has 1 heterocycles. The summed E-state index contributed by atoms with van der Waals surface area (Å²) in [5.74, 6) is -1.46. The summed E-state index contributed by atoms with van der Waals surface area (Å²) in [7, 11) is 0. The van der Waals surface area contributed by atoms with Crippen LogP contribution in [0.5, 0.6) is 0 Å². The van der Waals surface area contributed by atoms with Gasteiger partial charge in [-0.25, -0.2) is 0 Å². The summed E-state index contributed by atoms with van der Waals surface area (Å²) in [5, 5.41) is 13.5. The van der Waals surface area contributed by atoms with Gasteiger partial charge in [0.25, 0.3) is 5.91 Å². The SMILES string of the molecule is CC1CCc2c(sc(NC(=O)CCCC(=O)[O-])c2C(N)=O)C1. The Morgan fingerprint density at radius 3 is 2.73 bits per heavy atom. The Hall–Kier alpha value is -1.89. The van der Waals surface area contributed by atoms with E-state index in [0.29, 0.717) is 16.5 Å². The molecule has 1 atom stereocenters. The number of carbonyl (C=O) groups is 3. The van der Waals surface area contributed by atoms with E-state index in [2.05, 4.69) is 12.2 Å². The molecule has 0 bridgehead atoms. The zero-order valence-corrected chi connectivity index (χ0v) is 13.3. The smallest absolute Gasteiger partial charge is 0.251 e. The fourth-order valence-electron chi connectivity index (χ4n) is 2.68. The van der Waals surface area contributed by atoms with Gasteiger partial charge in [0, 0.05) is 17.3 Å². The number of anilines is 1. The van der Waals surface area contributed by atoms with Crippen molar-refractivity contribution in [3.63, 3.8) is 0 Å². The van der Waals surface area contributed by atoms with Crippen molar-refractivity contribution in [2.75, 3.05) is 5.32 Å². The first kappa shape index (κ1) is 16.5. The molecule has 0 aromatic carbocycles. The van der Waals surface area contributed by atoms with E-state index in [-0.39, 0.29) is 25.2 Å². The van der Waals surface area contributed by atoms with Gasteiger partial charge in [-0.1, -0.05) is 6.92 Å². The zero-order chi connectivity index (χ0) is 16.3. The molecule has 1 unspecified atom stereocenters. The number of carbonyl (C=O) groups excluding carboxylic acids is 3. The maximum atomic E-state index is 11.9. The van der Waals surface area contributed by atoms with E-state index >= 15 is 0 Å². The van der Waals surface area contributed by atoms with Crippen LogP contribution in [0.2, 0.25) is 0 Å². The highest BCUT2D eigenvalue weighted by atomic mass is 32.1. The molecule has 0 aliphatic heterocycles. The Morgan fingerprint density at radius 2 is 2.09 bits per heavy atom. The van der Waals surface area contributed by atoms with Crippen LogP contribution in [-0.4, -0.2) is 17.8 Å². The molecule has 0 saturated heterocycles. The number of nitrogens with one attached hydrogen (secondary N) is 1. The summed E-state index contributed by atoms with van der Waals surface area (Å²) >= 11 is 1.40. The minimum Gasteiger partial charge on any atom is -0.550 e. The van der Waals surface area contributed by atoms with Crippen molar-refractivity contribution in [1.82, 2.24) is 0 Å². The van der Waals surface area contributed by atoms with Crippen LogP contribution >= 0.6 is 11.3 Å². The molecule has 0 fully saturated rings. The van der Waals surface area contributed by atoms with Crippen LogP contribution in [0.4, 0.5) is 5.00 Å². The molecule has 120 valence electrons. The van der Waals surface area contributed by atoms with Crippen molar-refractivity contribution in [1.29, 1.82) is 0 Å². The van der Waals surface area contributed by atoms with Crippen molar-refractivity contribution in [3.05, 3.63) is 16.0 Å². The molecule has 7 heteroatoms. The van der Waals surface area contributed by atoms with E-state index in [1.54, 1.807) is 0 Å². The molecule has 2 rings (SSSR count). The minimum absolute atomic E-state index is 0.0746. The van der Waals surface area contributed by atoms with Gasteiger partial charge in [0.05, 0.1) is 5.56 Å². The van der Waals surface area contributed by atoms with Crippen LogP contribution in [0.1, 0.15) is 53.4 Å². The third kappa shape index (κ3) is 3.85. The summed E-state index contributed by atoms with van der Waals surface area (Å²) in [4.78, 5) is 35.0. The Balaban J connectivity index is 2.12. The normalized spacial score (nSPS) is 16.9. The van der Waals surface area contributed by atoms with Gasteiger partial charge in [0.1, 0.15) is 5.00 Å². The molecule has 2 amide bonds. The number of hydrogen-bond acceptors (Lipinski definition) is 5. The third-order valence-electron chi connectivity index (χ3n) is 3.80. The first-order chi connectivity index (χ1) is 10.4. The van der Waals surface area contributed by atoms with Gasteiger partial charge in [-0.3, -0.25) is 9.59 Å². The first-order valence-electron chi connectivity index (χ1n) is 7.32. The number of aliphatic carboxylic acids is 1. The fraction of sp³-hybridized carbons (Fsp3) is 0.533. The number of fused-ring (bicyclic) bond motifs is 1. The average Bonchev–Trinajstić information content (AvgIpc) is 2.74. The number of carboxylic acids is 1. The van der Waals surface area contributed by atoms with Crippen molar-refractivity contribution in [2.45, 2.75) is 45.4 Å². The van der Waals surface area contributed by atoms with Crippen LogP contribution in [0.3, 0.4) is 0 Å². The van der Waals surface area contributed by atoms with Crippen LogP contribution in [0, 0.1) is 5.92 Å². The lowest BCUT2D eigenvalue weighted by atomic mass is 9.88. The molecule has 3 N–H and O–H groups in total.